The van der Waals surface area contributed by atoms with Crippen molar-refractivity contribution in [3.63, 3.8) is 0 Å². The molecule has 1 aromatic heterocycles. The van der Waals surface area contributed by atoms with Gasteiger partial charge in [-0.2, -0.15) is 0 Å². The SMILES string of the molecule is CC(C)(C)C1CCN(c2ccc(N)c(N)n2)CC1. The highest BCUT2D eigenvalue weighted by molar-refractivity contribution is 5.62. The Kier molecular flexibility index (Phi) is 3.37. The molecule has 1 aromatic rings. The Hall–Kier alpha value is -1.45. The maximum absolute atomic E-state index is 5.76. The van der Waals surface area contributed by atoms with Crippen LogP contribution >= 0.6 is 0 Å². The zero-order chi connectivity index (χ0) is 13.3. The summed E-state index contributed by atoms with van der Waals surface area (Å²) in [6, 6.07) is 3.80. The number of hydrogen-bond acceptors (Lipinski definition) is 4. The number of anilines is 3. The molecule has 100 valence electrons. The van der Waals surface area contributed by atoms with E-state index in [1.54, 1.807) is 0 Å². The van der Waals surface area contributed by atoms with Gasteiger partial charge in [0.15, 0.2) is 0 Å². The molecule has 1 saturated heterocycles. The molecule has 0 spiro atoms. The maximum atomic E-state index is 5.76. The maximum Gasteiger partial charge on any atom is 0.149 e. The monoisotopic (exact) mass is 248 g/mol. The van der Waals surface area contributed by atoms with Crippen LogP contribution in [0.5, 0.6) is 0 Å². The fourth-order valence-electron chi connectivity index (χ4n) is 2.63. The first-order chi connectivity index (χ1) is 8.38. The number of nitrogen functional groups attached to an aromatic ring is 2. The largest absolute Gasteiger partial charge is 0.396 e. The van der Waals surface area contributed by atoms with Gasteiger partial charge < -0.3 is 16.4 Å². The van der Waals surface area contributed by atoms with Crippen LogP contribution in [-0.2, 0) is 0 Å². The normalized spacial score (nSPS) is 18.1. The highest BCUT2D eigenvalue weighted by Crippen LogP contribution is 2.35. The topological polar surface area (TPSA) is 68.2 Å². The van der Waals surface area contributed by atoms with Crippen LogP contribution in [-0.4, -0.2) is 18.1 Å². The summed E-state index contributed by atoms with van der Waals surface area (Å²) in [5.74, 6) is 2.18. The second kappa shape index (κ2) is 4.67. The molecule has 0 atom stereocenters. The second-order valence-corrected chi connectivity index (χ2v) is 6.27. The van der Waals surface area contributed by atoms with Gasteiger partial charge in [-0.1, -0.05) is 20.8 Å². The molecule has 4 heteroatoms. The minimum absolute atomic E-state index is 0.402. The van der Waals surface area contributed by atoms with Gasteiger partial charge in [0.1, 0.15) is 11.6 Å². The van der Waals surface area contributed by atoms with Crippen LogP contribution in [0.15, 0.2) is 12.1 Å². The predicted molar refractivity (Wildman–Crippen MR) is 77.5 cm³/mol. The van der Waals surface area contributed by atoms with E-state index < -0.39 is 0 Å². The van der Waals surface area contributed by atoms with Crippen LogP contribution in [0.1, 0.15) is 33.6 Å². The van der Waals surface area contributed by atoms with E-state index in [1.807, 2.05) is 12.1 Å². The van der Waals surface area contributed by atoms with Crippen LogP contribution in [0.4, 0.5) is 17.3 Å². The zero-order valence-electron chi connectivity index (χ0n) is 11.6. The van der Waals surface area contributed by atoms with Gasteiger partial charge in [-0.05, 0) is 36.3 Å². The van der Waals surface area contributed by atoms with Gasteiger partial charge in [0.2, 0.25) is 0 Å². The van der Waals surface area contributed by atoms with Gasteiger partial charge in [-0.15, -0.1) is 0 Å². The van der Waals surface area contributed by atoms with Crippen LogP contribution < -0.4 is 16.4 Å². The van der Waals surface area contributed by atoms with Gasteiger partial charge in [0.25, 0.3) is 0 Å². The summed E-state index contributed by atoms with van der Waals surface area (Å²) in [6.07, 6.45) is 2.44. The lowest BCUT2D eigenvalue weighted by molar-refractivity contribution is 0.199. The molecule has 0 aliphatic carbocycles. The molecule has 4 nitrogen and oxygen atoms in total. The lowest BCUT2D eigenvalue weighted by atomic mass is 9.75. The van der Waals surface area contributed by atoms with Gasteiger partial charge in [0, 0.05) is 13.1 Å². The van der Waals surface area contributed by atoms with E-state index in [0.29, 0.717) is 16.9 Å². The van der Waals surface area contributed by atoms with Crippen molar-refractivity contribution in [2.75, 3.05) is 29.5 Å². The summed E-state index contributed by atoms with van der Waals surface area (Å²) in [7, 11) is 0. The van der Waals surface area contributed by atoms with Crippen LogP contribution in [0, 0.1) is 11.3 Å². The van der Waals surface area contributed by atoms with E-state index in [4.69, 9.17) is 11.5 Å². The summed E-state index contributed by atoms with van der Waals surface area (Å²) in [5.41, 5.74) is 12.4. The van der Waals surface area contributed by atoms with Gasteiger partial charge in [-0.3, -0.25) is 0 Å². The smallest absolute Gasteiger partial charge is 0.149 e. The Morgan fingerprint density at radius 1 is 1.17 bits per heavy atom. The first-order valence-corrected chi connectivity index (χ1v) is 6.65. The summed E-state index contributed by atoms with van der Waals surface area (Å²) in [5, 5.41) is 0. The van der Waals surface area contributed by atoms with E-state index >= 15 is 0 Å². The Morgan fingerprint density at radius 3 is 2.28 bits per heavy atom. The molecule has 0 aromatic carbocycles. The average Bonchev–Trinajstić information content (AvgIpc) is 2.32. The molecule has 1 fully saturated rings. The fourth-order valence-corrected chi connectivity index (χ4v) is 2.63. The molecule has 2 rings (SSSR count). The summed E-state index contributed by atoms with van der Waals surface area (Å²) < 4.78 is 0. The molecule has 2 heterocycles. The van der Waals surface area contributed by atoms with Crippen molar-refractivity contribution in [1.82, 2.24) is 4.98 Å². The molecule has 1 aliphatic rings. The third kappa shape index (κ3) is 2.68. The lowest BCUT2D eigenvalue weighted by Gasteiger charge is -2.39. The molecule has 0 bridgehead atoms. The standard InChI is InChI=1S/C14H24N4/c1-14(2,3)10-6-8-18(9-7-10)12-5-4-11(15)13(16)17-12/h4-5,10H,6-9,15H2,1-3H3,(H2,16,17). The van der Waals surface area contributed by atoms with E-state index in [1.165, 1.54) is 12.8 Å². The number of aromatic nitrogens is 1. The van der Waals surface area contributed by atoms with Crippen molar-refractivity contribution in [3.05, 3.63) is 12.1 Å². The van der Waals surface area contributed by atoms with Crippen LogP contribution in [0.3, 0.4) is 0 Å². The molecule has 0 saturated carbocycles. The Balaban J connectivity index is 2.03. The molecule has 18 heavy (non-hydrogen) atoms. The van der Waals surface area contributed by atoms with E-state index in [9.17, 15) is 0 Å². The number of nitrogens with two attached hydrogens (primary N) is 2. The van der Waals surface area contributed by atoms with Gasteiger partial charge in [-0.25, -0.2) is 4.98 Å². The average molecular weight is 248 g/mol. The Morgan fingerprint density at radius 2 is 1.78 bits per heavy atom. The minimum Gasteiger partial charge on any atom is -0.396 e. The van der Waals surface area contributed by atoms with Crippen molar-refractivity contribution in [3.8, 4) is 0 Å². The van der Waals surface area contributed by atoms with E-state index in [2.05, 4.69) is 30.7 Å². The minimum atomic E-state index is 0.402. The fraction of sp³-hybridized carbons (Fsp3) is 0.643. The molecule has 0 amide bonds. The zero-order valence-corrected chi connectivity index (χ0v) is 11.6. The first-order valence-electron chi connectivity index (χ1n) is 6.65. The molecular weight excluding hydrogens is 224 g/mol. The molecule has 1 aliphatic heterocycles. The van der Waals surface area contributed by atoms with Crippen LogP contribution in [0.2, 0.25) is 0 Å². The van der Waals surface area contributed by atoms with Gasteiger partial charge in [0.05, 0.1) is 5.69 Å². The van der Waals surface area contributed by atoms with Crippen molar-refractivity contribution >= 4 is 17.3 Å². The summed E-state index contributed by atoms with van der Waals surface area (Å²) >= 11 is 0. The number of pyridine rings is 1. The number of nitrogens with zero attached hydrogens (tertiary/aromatic N) is 2. The first kappa shape index (κ1) is 13.0. The van der Waals surface area contributed by atoms with E-state index in [-0.39, 0.29) is 0 Å². The van der Waals surface area contributed by atoms with Crippen molar-refractivity contribution in [2.24, 2.45) is 11.3 Å². The van der Waals surface area contributed by atoms with Crippen LogP contribution in [0.25, 0.3) is 0 Å². The third-order valence-corrected chi connectivity index (χ3v) is 3.99. The Labute approximate surface area is 109 Å². The quantitative estimate of drug-likeness (QED) is 0.801. The Bertz CT molecular complexity index is 414. The summed E-state index contributed by atoms with van der Waals surface area (Å²) in [4.78, 5) is 6.67. The molecule has 0 unspecified atom stereocenters. The predicted octanol–water partition coefficient (Wildman–Crippen LogP) is 2.51. The third-order valence-electron chi connectivity index (χ3n) is 3.99. The lowest BCUT2D eigenvalue weighted by Crippen LogP contribution is -2.38. The highest BCUT2D eigenvalue weighted by atomic mass is 15.2. The highest BCUT2D eigenvalue weighted by Gasteiger charge is 2.29. The van der Waals surface area contributed by atoms with Crippen molar-refractivity contribution < 1.29 is 0 Å². The number of hydrogen-bond donors (Lipinski definition) is 2. The summed E-state index contributed by atoms with van der Waals surface area (Å²) in [6.45, 7) is 9.09. The number of piperidine rings is 1. The number of rotatable bonds is 1. The molecule has 4 N–H and O–H groups in total. The van der Waals surface area contributed by atoms with Crippen molar-refractivity contribution in [2.45, 2.75) is 33.6 Å². The van der Waals surface area contributed by atoms with Crippen molar-refractivity contribution in [1.29, 1.82) is 0 Å². The van der Waals surface area contributed by atoms with E-state index in [0.717, 1.165) is 24.8 Å². The van der Waals surface area contributed by atoms with Gasteiger partial charge >= 0.3 is 0 Å². The molecular formula is C14H24N4. The molecule has 0 radical (unpaired) electrons. The second-order valence-electron chi connectivity index (χ2n) is 6.27.